The van der Waals surface area contributed by atoms with Gasteiger partial charge in [0.15, 0.2) is 11.5 Å². The Morgan fingerprint density at radius 3 is 2.33 bits per heavy atom. The van der Waals surface area contributed by atoms with E-state index < -0.39 is 5.75 Å². The molecule has 3 aromatic rings. The van der Waals surface area contributed by atoms with Gasteiger partial charge in [-0.1, -0.05) is 12.1 Å². The van der Waals surface area contributed by atoms with E-state index in [1.54, 1.807) is 19.1 Å². The second kappa shape index (κ2) is 3.22. The van der Waals surface area contributed by atoms with Crippen LogP contribution in [-0.4, -0.2) is 25.4 Å². The standard InChI is InChI=1S/C13H11NO4/c1-5-2-3-6-9-7(15)4-8(16)13(18)11(9)14-10(6)12(5)17/h2-4,14-18H,1H3. The highest BCUT2D eigenvalue weighted by Crippen LogP contribution is 2.44. The van der Waals surface area contributed by atoms with Crippen LogP contribution >= 0.6 is 0 Å². The number of hydrogen-bond acceptors (Lipinski definition) is 4. The first-order valence-corrected chi connectivity index (χ1v) is 5.38. The molecule has 0 bridgehead atoms. The molecular formula is C13H11NO4. The number of aryl methyl sites for hydroxylation is 1. The number of phenols is 4. The van der Waals surface area contributed by atoms with Gasteiger partial charge in [0.1, 0.15) is 11.5 Å². The predicted octanol–water partition coefficient (Wildman–Crippen LogP) is 2.45. The molecule has 0 spiro atoms. The van der Waals surface area contributed by atoms with E-state index in [4.69, 9.17) is 0 Å². The van der Waals surface area contributed by atoms with E-state index >= 15 is 0 Å². The van der Waals surface area contributed by atoms with Crippen LogP contribution in [0, 0.1) is 6.92 Å². The van der Waals surface area contributed by atoms with Gasteiger partial charge >= 0.3 is 0 Å². The summed E-state index contributed by atoms with van der Waals surface area (Å²) in [6, 6.07) is 4.52. The summed E-state index contributed by atoms with van der Waals surface area (Å²) in [7, 11) is 0. The molecule has 0 unspecified atom stereocenters. The average molecular weight is 245 g/mol. The van der Waals surface area contributed by atoms with Crippen molar-refractivity contribution in [1.82, 2.24) is 4.98 Å². The van der Waals surface area contributed by atoms with Gasteiger partial charge in [0.05, 0.1) is 16.4 Å². The smallest absolute Gasteiger partial charge is 0.182 e. The van der Waals surface area contributed by atoms with Gasteiger partial charge in [-0.25, -0.2) is 0 Å². The highest BCUT2D eigenvalue weighted by atomic mass is 16.3. The third kappa shape index (κ3) is 1.15. The number of H-pyrrole nitrogens is 1. The van der Waals surface area contributed by atoms with Crippen LogP contribution in [0.2, 0.25) is 0 Å². The molecule has 18 heavy (non-hydrogen) atoms. The number of nitrogens with one attached hydrogen (secondary N) is 1. The lowest BCUT2D eigenvalue weighted by atomic mass is 10.1. The molecular weight excluding hydrogens is 234 g/mol. The van der Waals surface area contributed by atoms with Crippen LogP contribution in [0.15, 0.2) is 18.2 Å². The Morgan fingerprint density at radius 2 is 1.61 bits per heavy atom. The molecule has 0 aliphatic rings. The van der Waals surface area contributed by atoms with Crippen LogP contribution < -0.4 is 0 Å². The molecule has 5 nitrogen and oxygen atoms in total. The number of hydrogen-bond donors (Lipinski definition) is 5. The Labute approximate surface area is 102 Å². The van der Waals surface area contributed by atoms with Gasteiger partial charge in [0.2, 0.25) is 0 Å². The second-order valence-corrected chi connectivity index (χ2v) is 4.29. The second-order valence-electron chi connectivity index (χ2n) is 4.29. The van der Waals surface area contributed by atoms with Gasteiger partial charge in [-0.3, -0.25) is 0 Å². The number of aromatic hydroxyl groups is 4. The fourth-order valence-corrected chi connectivity index (χ4v) is 2.19. The van der Waals surface area contributed by atoms with Gasteiger partial charge in [-0.15, -0.1) is 0 Å². The predicted molar refractivity (Wildman–Crippen MR) is 67.2 cm³/mol. The van der Waals surface area contributed by atoms with Gasteiger partial charge in [0.25, 0.3) is 0 Å². The molecule has 1 heterocycles. The van der Waals surface area contributed by atoms with Crippen molar-refractivity contribution in [2.75, 3.05) is 0 Å². The van der Waals surface area contributed by atoms with E-state index in [9.17, 15) is 20.4 Å². The minimum Gasteiger partial charge on any atom is -0.507 e. The maximum absolute atomic E-state index is 9.95. The first-order chi connectivity index (χ1) is 8.50. The maximum Gasteiger partial charge on any atom is 0.182 e. The van der Waals surface area contributed by atoms with E-state index in [0.717, 1.165) is 6.07 Å². The Bertz CT molecular complexity index is 789. The zero-order chi connectivity index (χ0) is 13.0. The van der Waals surface area contributed by atoms with Crippen molar-refractivity contribution < 1.29 is 20.4 Å². The third-order valence-electron chi connectivity index (χ3n) is 3.16. The zero-order valence-electron chi connectivity index (χ0n) is 9.52. The summed E-state index contributed by atoms with van der Waals surface area (Å²) in [6.07, 6.45) is 0. The third-order valence-corrected chi connectivity index (χ3v) is 3.16. The minimum absolute atomic E-state index is 0.0574. The summed E-state index contributed by atoms with van der Waals surface area (Å²) < 4.78 is 0. The average Bonchev–Trinajstić information content (AvgIpc) is 2.72. The maximum atomic E-state index is 9.95. The molecule has 0 amide bonds. The van der Waals surface area contributed by atoms with Crippen molar-refractivity contribution in [3.05, 3.63) is 23.8 Å². The zero-order valence-corrected chi connectivity index (χ0v) is 9.52. The SMILES string of the molecule is Cc1ccc2c([nH]c3c(O)c(O)cc(O)c32)c1O. The topological polar surface area (TPSA) is 96.7 Å². The van der Waals surface area contributed by atoms with Crippen molar-refractivity contribution in [3.63, 3.8) is 0 Å². The van der Waals surface area contributed by atoms with Gasteiger partial charge in [-0.2, -0.15) is 0 Å². The summed E-state index contributed by atoms with van der Waals surface area (Å²) in [5.74, 6) is -0.865. The molecule has 5 N–H and O–H groups in total. The van der Waals surface area contributed by atoms with Crippen LogP contribution in [-0.2, 0) is 0 Å². The Balaban J connectivity index is 2.63. The summed E-state index contributed by atoms with van der Waals surface area (Å²) in [4.78, 5) is 2.82. The first-order valence-electron chi connectivity index (χ1n) is 5.38. The molecule has 1 aromatic heterocycles. The molecule has 3 rings (SSSR count). The number of phenolic OH excluding ortho intramolecular Hbond substituents is 4. The highest BCUT2D eigenvalue weighted by molar-refractivity contribution is 6.14. The van der Waals surface area contributed by atoms with E-state index in [2.05, 4.69) is 4.98 Å². The summed E-state index contributed by atoms with van der Waals surface area (Å²) in [6.45, 7) is 1.75. The number of rotatable bonds is 0. The van der Waals surface area contributed by atoms with Crippen LogP contribution in [0.5, 0.6) is 23.0 Å². The van der Waals surface area contributed by atoms with E-state index in [-0.39, 0.29) is 22.8 Å². The molecule has 0 saturated heterocycles. The molecule has 92 valence electrons. The van der Waals surface area contributed by atoms with Crippen LogP contribution in [0.3, 0.4) is 0 Å². The largest absolute Gasteiger partial charge is 0.507 e. The quantitative estimate of drug-likeness (QED) is 0.310. The molecule has 0 fully saturated rings. The molecule has 5 heteroatoms. The van der Waals surface area contributed by atoms with E-state index in [0.29, 0.717) is 21.9 Å². The Morgan fingerprint density at radius 1 is 0.889 bits per heavy atom. The highest BCUT2D eigenvalue weighted by Gasteiger charge is 2.17. The van der Waals surface area contributed by atoms with Crippen molar-refractivity contribution in [2.24, 2.45) is 0 Å². The lowest BCUT2D eigenvalue weighted by molar-refractivity contribution is 0.401. The van der Waals surface area contributed by atoms with Gasteiger partial charge < -0.3 is 25.4 Å². The van der Waals surface area contributed by atoms with Crippen molar-refractivity contribution in [1.29, 1.82) is 0 Å². The molecule has 0 aliphatic carbocycles. The lowest BCUT2D eigenvalue weighted by Crippen LogP contribution is -1.75. The van der Waals surface area contributed by atoms with E-state index in [1.807, 2.05) is 0 Å². The van der Waals surface area contributed by atoms with E-state index in [1.165, 1.54) is 0 Å². The normalized spacial score (nSPS) is 11.4. The summed E-state index contributed by atoms with van der Waals surface area (Å²) in [5, 5.41) is 40.0. The molecule has 0 radical (unpaired) electrons. The fourth-order valence-electron chi connectivity index (χ4n) is 2.19. The van der Waals surface area contributed by atoms with Gasteiger partial charge in [-0.05, 0) is 12.5 Å². The van der Waals surface area contributed by atoms with Gasteiger partial charge in [0, 0.05) is 11.5 Å². The Kier molecular flexibility index (Phi) is 1.90. The van der Waals surface area contributed by atoms with Crippen molar-refractivity contribution in [3.8, 4) is 23.0 Å². The summed E-state index contributed by atoms with van der Waals surface area (Å²) >= 11 is 0. The molecule has 0 saturated carbocycles. The van der Waals surface area contributed by atoms with Crippen LogP contribution in [0.25, 0.3) is 21.8 Å². The number of aromatic amines is 1. The first kappa shape index (κ1) is 10.6. The number of benzene rings is 2. The summed E-state index contributed by atoms with van der Waals surface area (Å²) in [5.41, 5.74) is 1.29. The number of aromatic nitrogens is 1. The molecule has 0 atom stereocenters. The molecule has 0 aliphatic heterocycles. The Hall–Kier alpha value is -2.56. The van der Waals surface area contributed by atoms with Crippen LogP contribution in [0.4, 0.5) is 0 Å². The number of fused-ring (bicyclic) bond motifs is 3. The monoisotopic (exact) mass is 245 g/mol. The van der Waals surface area contributed by atoms with Crippen molar-refractivity contribution >= 4 is 21.8 Å². The minimum atomic E-state index is -0.414. The fraction of sp³-hybridized carbons (Fsp3) is 0.0769. The van der Waals surface area contributed by atoms with Crippen LogP contribution in [0.1, 0.15) is 5.56 Å². The lowest BCUT2D eigenvalue weighted by Gasteiger charge is -2.01. The van der Waals surface area contributed by atoms with Crippen molar-refractivity contribution in [2.45, 2.75) is 6.92 Å². The molecule has 2 aromatic carbocycles.